The van der Waals surface area contributed by atoms with Crippen LogP contribution in [0.5, 0.6) is 0 Å². The summed E-state index contributed by atoms with van der Waals surface area (Å²) in [5, 5.41) is 0. The molecule has 0 N–H and O–H groups in total. The first-order valence-electron chi connectivity index (χ1n) is 3.13. The van der Waals surface area contributed by atoms with E-state index in [4.69, 9.17) is 0 Å². The van der Waals surface area contributed by atoms with E-state index in [0.717, 1.165) is 9.56 Å². The molecule has 0 aromatic rings. The van der Waals surface area contributed by atoms with Gasteiger partial charge in [0.2, 0.25) is 15.2 Å². The second-order valence-electron chi connectivity index (χ2n) is 3.02. The SMILES string of the molecule is C[CH](C)[AlH][CH](C)C.[LiH]. The molecule has 0 aromatic heterocycles. The molecular weight excluding hydrogens is 106 g/mol. The first-order valence-corrected chi connectivity index (χ1v) is 4.76. The van der Waals surface area contributed by atoms with Gasteiger partial charge in [0.05, 0.1) is 0 Å². The van der Waals surface area contributed by atoms with E-state index in [2.05, 4.69) is 27.7 Å². The summed E-state index contributed by atoms with van der Waals surface area (Å²) in [5.41, 5.74) is 0. The minimum atomic E-state index is 0. The average Bonchev–Trinajstić information content (AvgIpc) is 1.27. The first kappa shape index (κ1) is 11.9. The molecule has 0 heterocycles. The maximum absolute atomic E-state index is 2.33. The standard InChI is InChI=1S/2C3H7.Al.Li.2H/c2*1-3-2;;;;/h2*3H,1-2H3;;;;. The molecule has 0 unspecified atom stereocenters. The second kappa shape index (κ2) is 6.25. The molecule has 0 aliphatic heterocycles. The Balaban J connectivity index is 0. The molecule has 0 amide bonds. The molecule has 0 bridgehead atoms. The van der Waals surface area contributed by atoms with Crippen molar-refractivity contribution in [1.82, 2.24) is 0 Å². The first-order chi connectivity index (χ1) is 3.13. The predicted octanol–water partition coefficient (Wildman–Crippen LogP) is 1.43. The molecule has 0 fully saturated rings. The fourth-order valence-electron chi connectivity index (χ4n) is 0.943. The molecule has 2 heteroatoms. The van der Waals surface area contributed by atoms with Crippen LogP contribution in [0.4, 0.5) is 0 Å². The second-order valence-corrected chi connectivity index (χ2v) is 6.76. The Bertz CT molecular complexity index is 37.8. The third-order valence-electron chi connectivity index (χ3n) is 0.943. The Morgan fingerprint density at radius 1 is 0.875 bits per heavy atom. The molecule has 0 saturated carbocycles. The zero-order chi connectivity index (χ0) is 5.86. The minimum absolute atomic E-state index is 0. The Morgan fingerprint density at radius 3 is 1.12 bits per heavy atom. The van der Waals surface area contributed by atoms with Gasteiger partial charge in [-0.25, -0.2) is 0 Å². The maximum atomic E-state index is 2.33. The summed E-state index contributed by atoms with van der Waals surface area (Å²) in [7, 11) is 0. The quantitative estimate of drug-likeness (QED) is 0.486. The van der Waals surface area contributed by atoms with Gasteiger partial charge in [-0.05, 0) is 0 Å². The van der Waals surface area contributed by atoms with E-state index >= 15 is 0 Å². The third-order valence-corrected chi connectivity index (χ3v) is 2.83. The van der Waals surface area contributed by atoms with Crippen molar-refractivity contribution in [3.8, 4) is 0 Å². The summed E-state index contributed by atoms with van der Waals surface area (Å²) in [5.74, 6) is 0. The Kier molecular flexibility index (Phi) is 9.28. The van der Waals surface area contributed by atoms with Crippen LogP contribution in [0.25, 0.3) is 0 Å². The third kappa shape index (κ3) is 10.2. The average molecular weight is 122 g/mol. The van der Waals surface area contributed by atoms with Crippen molar-refractivity contribution in [2.75, 3.05) is 0 Å². The molecule has 0 spiro atoms. The van der Waals surface area contributed by atoms with Gasteiger partial charge in [0.25, 0.3) is 0 Å². The zero-order valence-electron chi connectivity index (χ0n) is 5.86. The van der Waals surface area contributed by atoms with Crippen molar-refractivity contribution < 1.29 is 0 Å². The van der Waals surface area contributed by atoms with Crippen molar-refractivity contribution in [2.45, 2.75) is 37.3 Å². The molecule has 0 saturated heterocycles. The van der Waals surface area contributed by atoms with Gasteiger partial charge in [-0.15, -0.1) is 0 Å². The van der Waals surface area contributed by atoms with Gasteiger partial charge in [-0.3, -0.25) is 0 Å². The van der Waals surface area contributed by atoms with Crippen molar-refractivity contribution >= 4 is 34.1 Å². The van der Waals surface area contributed by atoms with Crippen molar-refractivity contribution in [3.63, 3.8) is 0 Å². The van der Waals surface area contributed by atoms with Crippen molar-refractivity contribution in [2.24, 2.45) is 0 Å². The van der Waals surface area contributed by atoms with Crippen LogP contribution in [0.1, 0.15) is 27.7 Å². The summed E-state index contributed by atoms with van der Waals surface area (Å²) in [6.07, 6.45) is 0. The van der Waals surface area contributed by atoms with Crippen LogP contribution in [-0.2, 0) is 0 Å². The molecule has 0 aromatic carbocycles. The molecule has 0 atom stereocenters. The van der Waals surface area contributed by atoms with Gasteiger partial charge in [0, 0.05) is 0 Å². The van der Waals surface area contributed by atoms with E-state index in [-0.39, 0.29) is 34.1 Å². The van der Waals surface area contributed by atoms with E-state index in [1.807, 2.05) is 0 Å². The Hall–Kier alpha value is 1.13. The fraction of sp³-hybridized carbons (Fsp3) is 1.00. The molecule has 0 aliphatic rings. The molecular formula is C6H16AlLi. The van der Waals surface area contributed by atoms with Crippen LogP contribution >= 0.6 is 0 Å². The van der Waals surface area contributed by atoms with Crippen LogP contribution in [-0.4, -0.2) is 34.1 Å². The van der Waals surface area contributed by atoms with E-state index in [9.17, 15) is 0 Å². The Labute approximate surface area is 71.3 Å². The van der Waals surface area contributed by atoms with Crippen LogP contribution in [0.3, 0.4) is 0 Å². The van der Waals surface area contributed by atoms with E-state index in [1.54, 1.807) is 0 Å². The topological polar surface area (TPSA) is 0 Å². The number of rotatable bonds is 2. The van der Waals surface area contributed by atoms with Crippen molar-refractivity contribution in [1.29, 1.82) is 0 Å². The molecule has 8 heavy (non-hydrogen) atoms. The zero-order valence-corrected chi connectivity index (χ0v) is 7.28. The molecule has 0 aliphatic carbocycles. The summed E-state index contributed by atoms with van der Waals surface area (Å²) < 4.78 is 2.03. The fourth-order valence-corrected chi connectivity index (χ4v) is 2.83. The Morgan fingerprint density at radius 2 is 1.12 bits per heavy atom. The van der Waals surface area contributed by atoms with Gasteiger partial charge in [0.1, 0.15) is 0 Å². The van der Waals surface area contributed by atoms with Crippen LogP contribution in [0.15, 0.2) is 0 Å². The van der Waals surface area contributed by atoms with Crippen molar-refractivity contribution in [3.05, 3.63) is 0 Å². The van der Waals surface area contributed by atoms with Crippen LogP contribution in [0, 0.1) is 0 Å². The number of hydrogen-bond acceptors (Lipinski definition) is 0. The van der Waals surface area contributed by atoms with Crippen LogP contribution in [0.2, 0.25) is 9.56 Å². The van der Waals surface area contributed by atoms with Gasteiger partial charge in [-0.1, -0.05) is 37.3 Å². The summed E-state index contributed by atoms with van der Waals surface area (Å²) >= 11 is 0.281. The monoisotopic (exact) mass is 122 g/mol. The van der Waals surface area contributed by atoms with Gasteiger partial charge < -0.3 is 0 Å². The van der Waals surface area contributed by atoms with Gasteiger partial charge >= 0.3 is 18.9 Å². The molecule has 0 radical (unpaired) electrons. The molecule has 44 valence electrons. The van der Waals surface area contributed by atoms with E-state index in [1.165, 1.54) is 0 Å². The summed E-state index contributed by atoms with van der Waals surface area (Å²) in [4.78, 5) is 0. The predicted molar refractivity (Wildman–Crippen MR) is 44.5 cm³/mol. The summed E-state index contributed by atoms with van der Waals surface area (Å²) in [6.45, 7) is 9.30. The number of hydrogen-bond donors (Lipinski definition) is 0. The van der Waals surface area contributed by atoms with E-state index < -0.39 is 0 Å². The molecule has 0 nitrogen and oxygen atoms in total. The van der Waals surface area contributed by atoms with Gasteiger partial charge in [-0.2, -0.15) is 0 Å². The summed E-state index contributed by atoms with van der Waals surface area (Å²) in [6, 6.07) is 0. The molecule has 0 rings (SSSR count). The van der Waals surface area contributed by atoms with Crippen LogP contribution < -0.4 is 0 Å². The normalized spacial score (nSPS) is 9.25. The van der Waals surface area contributed by atoms with Gasteiger partial charge in [0.15, 0.2) is 0 Å². The van der Waals surface area contributed by atoms with E-state index in [0.29, 0.717) is 0 Å².